The van der Waals surface area contributed by atoms with Crippen LogP contribution < -0.4 is 4.90 Å². The Kier molecular flexibility index (Phi) is 3.80. The lowest BCUT2D eigenvalue weighted by Gasteiger charge is -2.19. The van der Waals surface area contributed by atoms with E-state index in [1.807, 2.05) is 18.0 Å². The summed E-state index contributed by atoms with van der Waals surface area (Å²) >= 11 is 0. The number of carboxylic acid groups (broad SMARTS) is 1. The first kappa shape index (κ1) is 13.1. The molecule has 0 amide bonds. The molecule has 0 aliphatic heterocycles. The summed E-state index contributed by atoms with van der Waals surface area (Å²) < 4.78 is 12.8. The SMILES string of the molecule is CN(Cc1ccc(F)cc1)c1cccc(C(=O)O)c1. The van der Waals surface area contributed by atoms with Crippen LogP contribution in [0.2, 0.25) is 0 Å². The summed E-state index contributed by atoms with van der Waals surface area (Å²) in [6, 6.07) is 13.0. The van der Waals surface area contributed by atoms with Gasteiger partial charge in [0.2, 0.25) is 0 Å². The van der Waals surface area contributed by atoms with E-state index in [1.165, 1.54) is 12.1 Å². The van der Waals surface area contributed by atoms with E-state index in [2.05, 4.69) is 0 Å². The van der Waals surface area contributed by atoms with Gasteiger partial charge in [-0.15, -0.1) is 0 Å². The number of carbonyl (C=O) groups is 1. The number of hydrogen-bond donors (Lipinski definition) is 1. The Hall–Kier alpha value is -2.36. The van der Waals surface area contributed by atoms with Crippen LogP contribution in [0, 0.1) is 5.82 Å². The average Bonchev–Trinajstić information content (AvgIpc) is 2.41. The van der Waals surface area contributed by atoms with Crippen LogP contribution in [-0.2, 0) is 6.54 Å². The van der Waals surface area contributed by atoms with Gasteiger partial charge < -0.3 is 10.0 Å². The smallest absolute Gasteiger partial charge is 0.335 e. The van der Waals surface area contributed by atoms with Crippen LogP contribution in [0.3, 0.4) is 0 Å². The van der Waals surface area contributed by atoms with Crippen LogP contribution in [0.5, 0.6) is 0 Å². The van der Waals surface area contributed by atoms with Crippen molar-refractivity contribution in [2.45, 2.75) is 6.54 Å². The van der Waals surface area contributed by atoms with Gasteiger partial charge in [-0.2, -0.15) is 0 Å². The van der Waals surface area contributed by atoms with Crippen LogP contribution in [0.15, 0.2) is 48.5 Å². The molecule has 0 aliphatic carbocycles. The number of benzene rings is 2. The monoisotopic (exact) mass is 259 g/mol. The molecule has 0 atom stereocenters. The van der Waals surface area contributed by atoms with Crippen molar-refractivity contribution in [2.24, 2.45) is 0 Å². The molecule has 0 heterocycles. The fourth-order valence-electron chi connectivity index (χ4n) is 1.83. The molecule has 2 aromatic carbocycles. The number of halogens is 1. The minimum Gasteiger partial charge on any atom is -0.478 e. The maximum absolute atomic E-state index is 12.8. The van der Waals surface area contributed by atoms with Gasteiger partial charge in [-0.1, -0.05) is 18.2 Å². The molecule has 0 radical (unpaired) electrons. The lowest BCUT2D eigenvalue weighted by molar-refractivity contribution is 0.0697. The van der Waals surface area contributed by atoms with Crippen LogP contribution in [-0.4, -0.2) is 18.1 Å². The van der Waals surface area contributed by atoms with Crippen LogP contribution >= 0.6 is 0 Å². The zero-order valence-electron chi connectivity index (χ0n) is 10.5. The maximum atomic E-state index is 12.8. The van der Waals surface area contributed by atoms with Crippen LogP contribution in [0.1, 0.15) is 15.9 Å². The molecule has 2 rings (SSSR count). The molecule has 0 fully saturated rings. The molecule has 19 heavy (non-hydrogen) atoms. The van der Waals surface area contributed by atoms with Gasteiger partial charge in [0.25, 0.3) is 0 Å². The van der Waals surface area contributed by atoms with E-state index in [0.717, 1.165) is 11.3 Å². The number of carboxylic acids is 1. The molecule has 0 spiro atoms. The fourth-order valence-corrected chi connectivity index (χ4v) is 1.83. The van der Waals surface area contributed by atoms with Crippen molar-refractivity contribution in [3.63, 3.8) is 0 Å². The maximum Gasteiger partial charge on any atom is 0.335 e. The summed E-state index contributed by atoms with van der Waals surface area (Å²) in [5.74, 6) is -1.21. The fraction of sp³-hybridized carbons (Fsp3) is 0.133. The highest BCUT2D eigenvalue weighted by atomic mass is 19.1. The van der Waals surface area contributed by atoms with Gasteiger partial charge in [0.05, 0.1) is 5.56 Å². The second-order valence-electron chi connectivity index (χ2n) is 4.34. The Bertz CT molecular complexity index is 581. The third kappa shape index (κ3) is 3.31. The van der Waals surface area contributed by atoms with E-state index in [4.69, 9.17) is 5.11 Å². The molecular weight excluding hydrogens is 245 g/mol. The summed E-state index contributed by atoms with van der Waals surface area (Å²) in [6.07, 6.45) is 0. The standard InChI is InChI=1S/C15H14FNO2/c1-17(10-11-5-7-13(16)8-6-11)14-4-2-3-12(9-14)15(18)19/h2-9H,10H2,1H3,(H,18,19). The first-order valence-corrected chi connectivity index (χ1v) is 5.85. The van der Waals surface area contributed by atoms with Gasteiger partial charge >= 0.3 is 5.97 Å². The molecular formula is C15H14FNO2. The van der Waals surface area contributed by atoms with Gasteiger partial charge in [-0.05, 0) is 35.9 Å². The van der Waals surface area contributed by atoms with Gasteiger partial charge in [0.15, 0.2) is 0 Å². The first-order chi connectivity index (χ1) is 9.06. The first-order valence-electron chi connectivity index (χ1n) is 5.85. The Balaban J connectivity index is 2.15. The normalized spacial score (nSPS) is 10.2. The second-order valence-corrected chi connectivity index (χ2v) is 4.34. The Morgan fingerprint density at radius 2 is 1.89 bits per heavy atom. The summed E-state index contributed by atoms with van der Waals surface area (Å²) in [5.41, 5.74) is 2.03. The number of rotatable bonds is 4. The molecule has 0 aromatic heterocycles. The highest BCUT2D eigenvalue weighted by Gasteiger charge is 2.07. The molecule has 0 bridgehead atoms. The van der Waals surface area contributed by atoms with E-state index >= 15 is 0 Å². The van der Waals surface area contributed by atoms with Crippen molar-refractivity contribution in [2.75, 3.05) is 11.9 Å². The van der Waals surface area contributed by atoms with Crippen molar-refractivity contribution >= 4 is 11.7 Å². The quantitative estimate of drug-likeness (QED) is 0.916. The number of hydrogen-bond acceptors (Lipinski definition) is 2. The van der Waals surface area contributed by atoms with E-state index in [1.54, 1.807) is 30.3 Å². The molecule has 3 nitrogen and oxygen atoms in total. The van der Waals surface area contributed by atoms with Crippen molar-refractivity contribution < 1.29 is 14.3 Å². The van der Waals surface area contributed by atoms with Gasteiger partial charge in [0, 0.05) is 19.3 Å². The summed E-state index contributed by atoms with van der Waals surface area (Å²) in [6.45, 7) is 0.587. The number of anilines is 1. The van der Waals surface area contributed by atoms with Crippen LogP contribution in [0.4, 0.5) is 10.1 Å². The highest BCUT2D eigenvalue weighted by Crippen LogP contribution is 2.17. The molecule has 0 saturated heterocycles. The second kappa shape index (κ2) is 5.52. The third-order valence-electron chi connectivity index (χ3n) is 2.87. The summed E-state index contributed by atoms with van der Waals surface area (Å²) in [4.78, 5) is 12.8. The van der Waals surface area contributed by atoms with Crippen molar-refractivity contribution in [1.29, 1.82) is 0 Å². The molecule has 0 aliphatic rings. The average molecular weight is 259 g/mol. The highest BCUT2D eigenvalue weighted by molar-refractivity contribution is 5.88. The van der Waals surface area contributed by atoms with Crippen LogP contribution in [0.25, 0.3) is 0 Å². The predicted molar refractivity (Wildman–Crippen MR) is 71.9 cm³/mol. The Morgan fingerprint density at radius 3 is 2.53 bits per heavy atom. The van der Waals surface area contributed by atoms with Gasteiger partial charge in [-0.25, -0.2) is 9.18 Å². The van der Waals surface area contributed by atoms with Gasteiger partial charge in [0.1, 0.15) is 5.82 Å². The lowest BCUT2D eigenvalue weighted by Crippen LogP contribution is -2.16. The molecule has 4 heteroatoms. The van der Waals surface area contributed by atoms with E-state index < -0.39 is 5.97 Å². The Labute approximate surface area is 110 Å². The predicted octanol–water partition coefficient (Wildman–Crippen LogP) is 3.16. The topological polar surface area (TPSA) is 40.5 Å². The molecule has 0 unspecified atom stereocenters. The van der Waals surface area contributed by atoms with Crippen molar-refractivity contribution in [1.82, 2.24) is 0 Å². The zero-order valence-corrected chi connectivity index (χ0v) is 10.5. The zero-order chi connectivity index (χ0) is 13.8. The van der Waals surface area contributed by atoms with Gasteiger partial charge in [-0.3, -0.25) is 0 Å². The molecule has 0 saturated carbocycles. The molecule has 2 aromatic rings. The lowest BCUT2D eigenvalue weighted by atomic mass is 10.1. The van der Waals surface area contributed by atoms with E-state index in [9.17, 15) is 9.18 Å². The van der Waals surface area contributed by atoms with E-state index in [-0.39, 0.29) is 11.4 Å². The minimum atomic E-state index is -0.947. The number of nitrogens with zero attached hydrogens (tertiary/aromatic N) is 1. The third-order valence-corrected chi connectivity index (χ3v) is 2.87. The summed E-state index contributed by atoms with van der Waals surface area (Å²) in [5, 5.41) is 8.95. The van der Waals surface area contributed by atoms with Crippen molar-refractivity contribution in [3.8, 4) is 0 Å². The largest absolute Gasteiger partial charge is 0.478 e. The minimum absolute atomic E-state index is 0.253. The van der Waals surface area contributed by atoms with E-state index in [0.29, 0.717) is 6.54 Å². The Morgan fingerprint density at radius 1 is 1.21 bits per heavy atom. The van der Waals surface area contributed by atoms with Crippen molar-refractivity contribution in [3.05, 3.63) is 65.5 Å². The molecule has 98 valence electrons. The number of aromatic carboxylic acids is 1. The summed E-state index contributed by atoms with van der Waals surface area (Å²) in [7, 11) is 1.87. The molecule has 1 N–H and O–H groups in total.